The Morgan fingerprint density at radius 2 is 2.18 bits per heavy atom. The van der Waals surface area contributed by atoms with Gasteiger partial charge in [-0.05, 0) is 50.5 Å². The van der Waals surface area contributed by atoms with Crippen molar-refractivity contribution in [1.29, 1.82) is 0 Å². The normalized spacial score (nSPS) is 29.5. The Hall–Kier alpha value is -0.900. The van der Waals surface area contributed by atoms with Crippen LogP contribution in [0.1, 0.15) is 51.3 Å². The summed E-state index contributed by atoms with van der Waals surface area (Å²) in [4.78, 5) is 0. The lowest BCUT2D eigenvalue weighted by molar-refractivity contribution is 0.199. The summed E-state index contributed by atoms with van der Waals surface area (Å²) in [5.74, 6) is 1.65. The van der Waals surface area contributed by atoms with E-state index in [-0.39, 0.29) is 0 Å². The van der Waals surface area contributed by atoms with E-state index >= 15 is 0 Å². The summed E-state index contributed by atoms with van der Waals surface area (Å²) in [5, 5.41) is 8.51. The predicted octanol–water partition coefficient (Wildman–Crippen LogP) is 2.17. The second kappa shape index (κ2) is 5.63. The highest BCUT2D eigenvalue weighted by Crippen LogP contribution is 2.35. The van der Waals surface area contributed by atoms with E-state index < -0.39 is 0 Å². The van der Waals surface area contributed by atoms with Crippen molar-refractivity contribution in [3.8, 4) is 0 Å². The fourth-order valence-corrected chi connectivity index (χ4v) is 2.65. The molecule has 17 heavy (non-hydrogen) atoms. The highest BCUT2D eigenvalue weighted by atomic mass is 15.4. The summed E-state index contributed by atoms with van der Waals surface area (Å²) in [6.07, 6.45) is 7.85. The molecule has 1 heterocycles. The Bertz CT molecular complexity index is 347. The number of nitrogens with zero attached hydrogens (tertiary/aromatic N) is 3. The van der Waals surface area contributed by atoms with Crippen molar-refractivity contribution < 1.29 is 0 Å². The highest BCUT2D eigenvalue weighted by molar-refractivity contribution is 4.94. The number of hydrogen-bond acceptors (Lipinski definition) is 3. The smallest absolute Gasteiger partial charge is 0.0827 e. The number of aromatic nitrogens is 3. The average Bonchev–Trinajstić information content (AvgIpc) is 2.79. The fraction of sp³-hybridized carbons (Fsp3) is 0.846. The molecule has 1 saturated carbocycles. The molecule has 0 bridgehead atoms. The van der Waals surface area contributed by atoms with E-state index in [1.54, 1.807) is 0 Å². The van der Waals surface area contributed by atoms with Gasteiger partial charge in [-0.1, -0.05) is 19.1 Å². The summed E-state index contributed by atoms with van der Waals surface area (Å²) in [7, 11) is 0. The lowest BCUT2D eigenvalue weighted by atomic mass is 9.79. The van der Waals surface area contributed by atoms with Gasteiger partial charge < -0.3 is 5.73 Å². The maximum absolute atomic E-state index is 5.50. The van der Waals surface area contributed by atoms with Crippen LogP contribution < -0.4 is 5.73 Å². The lowest BCUT2D eigenvalue weighted by Crippen LogP contribution is -2.23. The molecule has 4 nitrogen and oxygen atoms in total. The number of rotatable bonds is 4. The Kier molecular flexibility index (Phi) is 4.15. The largest absolute Gasteiger partial charge is 0.330 e. The molecule has 1 aliphatic carbocycles. The van der Waals surface area contributed by atoms with Crippen LogP contribution in [0.5, 0.6) is 0 Å². The van der Waals surface area contributed by atoms with Crippen LogP contribution in [-0.4, -0.2) is 21.5 Å². The van der Waals surface area contributed by atoms with Gasteiger partial charge in [-0.25, -0.2) is 4.68 Å². The quantitative estimate of drug-likeness (QED) is 0.871. The molecule has 0 aliphatic heterocycles. The molecular formula is C13H24N4. The number of hydrogen-bond donors (Lipinski definition) is 1. The van der Waals surface area contributed by atoms with Crippen molar-refractivity contribution in [2.45, 2.75) is 52.0 Å². The summed E-state index contributed by atoms with van der Waals surface area (Å²) in [6, 6.07) is 0.556. The van der Waals surface area contributed by atoms with Crippen molar-refractivity contribution in [3.05, 3.63) is 11.9 Å². The van der Waals surface area contributed by atoms with Crippen molar-refractivity contribution in [2.24, 2.45) is 17.6 Å². The molecule has 0 amide bonds. The third-order valence-electron chi connectivity index (χ3n) is 4.14. The first-order chi connectivity index (χ1) is 8.20. The molecule has 0 radical (unpaired) electrons. The van der Waals surface area contributed by atoms with Crippen molar-refractivity contribution >= 4 is 0 Å². The van der Waals surface area contributed by atoms with Gasteiger partial charge in [0.1, 0.15) is 0 Å². The van der Waals surface area contributed by atoms with E-state index in [4.69, 9.17) is 5.73 Å². The molecule has 0 spiro atoms. The van der Waals surface area contributed by atoms with Gasteiger partial charge in [0.05, 0.1) is 11.7 Å². The van der Waals surface area contributed by atoms with Crippen LogP contribution in [0.4, 0.5) is 0 Å². The highest BCUT2D eigenvalue weighted by Gasteiger charge is 2.26. The minimum atomic E-state index is 0.556. The molecule has 4 heteroatoms. The molecule has 96 valence electrons. The van der Waals surface area contributed by atoms with E-state index in [1.807, 2.05) is 0 Å². The Labute approximate surface area is 104 Å². The summed E-state index contributed by atoms with van der Waals surface area (Å²) in [6.45, 7) is 5.43. The monoisotopic (exact) mass is 236 g/mol. The summed E-state index contributed by atoms with van der Waals surface area (Å²) < 4.78 is 2.08. The zero-order chi connectivity index (χ0) is 12.3. The molecule has 1 aromatic rings. The van der Waals surface area contributed by atoms with E-state index in [0.717, 1.165) is 36.9 Å². The molecule has 0 aromatic carbocycles. The Balaban J connectivity index is 1.95. The molecule has 2 rings (SSSR count). The van der Waals surface area contributed by atoms with E-state index in [9.17, 15) is 0 Å². The topological polar surface area (TPSA) is 56.7 Å². The van der Waals surface area contributed by atoms with Gasteiger partial charge in [0.15, 0.2) is 0 Å². The molecule has 1 fully saturated rings. The number of aryl methyl sites for hydroxylation is 1. The SMILES string of the molecule is CC1CCC(n2cc(CCCN)nn2)CC1C. The molecule has 0 saturated heterocycles. The van der Waals surface area contributed by atoms with Crippen LogP contribution in [0, 0.1) is 11.8 Å². The molecule has 3 atom stereocenters. The standard InChI is InChI=1S/C13H24N4/c1-10-5-6-13(8-11(10)2)17-9-12(15-16-17)4-3-7-14/h9-11,13H,3-8,14H2,1-2H3. The first kappa shape index (κ1) is 12.6. The minimum absolute atomic E-state index is 0.556. The average molecular weight is 236 g/mol. The number of nitrogens with two attached hydrogens (primary N) is 1. The van der Waals surface area contributed by atoms with E-state index in [1.165, 1.54) is 19.3 Å². The van der Waals surface area contributed by atoms with Crippen LogP contribution in [-0.2, 0) is 6.42 Å². The minimum Gasteiger partial charge on any atom is -0.330 e. The van der Waals surface area contributed by atoms with E-state index in [0.29, 0.717) is 6.04 Å². The second-order valence-corrected chi connectivity index (χ2v) is 5.50. The van der Waals surface area contributed by atoms with Gasteiger partial charge in [-0.3, -0.25) is 0 Å². The Morgan fingerprint density at radius 3 is 2.88 bits per heavy atom. The van der Waals surface area contributed by atoms with Crippen LogP contribution in [0.3, 0.4) is 0 Å². The van der Waals surface area contributed by atoms with Gasteiger partial charge in [-0.2, -0.15) is 0 Å². The van der Waals surface area contributed by atoms with E-state index in [2.05, 4.69) is 35.0 Å². The van der Waals surface area contributed by atoms with Crippen LogP contribution in [0.25, 0.3) is 0 Å². The fourth-order valence-electron chi connectivity index (χ4n) is 2.65. The second-order valence-electron chi connectivity index (χ2n) is 5.50. The van der Waals surface area contributed by atoms with Gasteiger partial charge in [0.2, 0.25) is 0 Å². The summed E-state index contributed by atoms with van der Waals surface area (Å²) in [5.41, 5.74) is 6.59. The van der Waals surface area contributed by atoms with Gasteiger partial charge in [0.25, 0.3) is 0 Å². The molecule has 2 N–H and O–H groups in total. The molecular weight excluding hydrogens is 212 g/mol. The molecule has 3 unspecified atom stereocenters. The molecule has 1 aromatic heterocycles. The molecule has 1 aliphatic rings. The van der Waals surface area contributed by atoms with Gasteiger partial charge in [-0.15, -0.1) is 5.10 Å². The maximum Gasteiger partial charge on any atom is 0.0827 e. The first-order valence-corrected chi connectivity index (χ1v) is 6.81. The third-order valence-corrected chi connectivity index (χ3v) is 4.14. The third kappa shape index (κ3) is 3.06. The predicted molar refractivity (Wildman–Crippen MR) is 68.6 cm³/mol. The van der Waals surface area contributed by atoms with Crippen LogP contribution >= 0.6 is 0 Å². The van der Waals surface area contributed by atoms with Crippen LogP contribution in [0.15, 0.2) is 6.20 Å². The maximum atomic E-state index is 5.50. The van der Waals surface area contributed by atoms with Gasteiger partial charge in [0, 0.05) is 6.20 Å². The van der Waals surface area contributed by atoms with Crippen molar-refractivity contribution in [1.82, 2.24) is 15.0 Å². The van der Waals surface area contributed by atoms with Crippen molar-refractivity contribution in [3.63, 3.8) is 0 Å². The zero-order valence-corrected chi connectivity index (χ0v) is 11.0. The van der Waals surface area contributed by atoms with Gasteiger partial charge >= 0.3 is 0 Å². The summed E-state index contributed by atoms with van der Waals surface area (Å²) >= 11 is 0. The first-order valence-electron chi connectivity index (χ1n) is 6.81. The lowest BCUT2D eigenvalue weighted by Gasteiger charge is -2.31. The van der Waals surface area contributed by atoms with Crippen LogP contribution in [0.2, 0.25) is 0 Å². The van der Waals surface area contributed by atoms with Crippen molar-refractivity contribution in [2.75, 3.05) is 6.54 Å². The zero-order valence-electron chi connectivity index (χ0n) is 11.0. The Morgan fingerprint density at radius 1 is 1.35 bits per heavy atom.